The van der Waals surface area contributed by atoms with Crippen LogP contribution < -0.4 is 10.6 Å². The Morgan fingerprint density at radius 2 is 1.94 bits per heavy atom. The van der Waals surface area contributed by atoms with Crippen LogP contribution in [0.3, 0.4) is 0 Å². The lowest BCUT2D eigenvalue weighted by Crippen LogP contribution is -2.31. The molecule has 92 valence electrons. The van der Waals surface area contributed by atoms with Crippen molar-refractivity contribution in [1.29, 1.82) is 0 Å². The van der Waals surface area contributed by atoms with Gasteiger partial charge in [0.1, 0.15) is 0 Å². The van der Waals surface area contributed by atoms with E-state index in [0.717, 1.165) is 12.2 Å². The van der Waals surface area contributed by atoms with Crippen LogP contribution in [0.15, 0.2) is 24.3 Å². The molecule has 0 heterocycles. The van der Waals surface area contributed by atoms with Crippen LogP contribution in [0.25, 0.3) is 0 Å². The third-order valence-electron chi connectivity index (χ3n) is 3.28. The van der Waals surface area contributed by atoms with E-state index in [1.54, 1.807) is 0 Å². The van der Waals surface area contributed by atoms with Gasteiger partial charge in [-0.15, -0.1) is 0 Å². The maximum absolute atomic E-state index is 11.6. The van der Waals surface area contributed by atoms with Gasteiger partial charge in [0.25, 0.3) is 0 Å². The number of rotatable bonds is 5. The molecule has 2 N–H and O–H groups in total. The summed E-state index contributed by atoms with van der Waals surface area (Å²) in [6.07, 6.45) is 2.55. The second kappa shape index (κ2) is 4.88. The average Bonchev–Trinajstić information content (AvgIpc) is 3.00. The molecule has 0 unspecified atom stereocenters. The van der Waals surface area contributed by atoms with Crippen molar-refractivity contribution in [2.45, 2.75) is 26.7 Å². The van der Waals surface area contributed by atoms with Crippen LogP contribution >= 0.6 is 0 Å². The second-order valence-electron chi connectivity index (χ2n) is 5.33. The largest absolute Gasteiger partial charge is 0.325 e. The first kappa shape index (κ1) is 12.1. The molecule has 0 radical (unpaired) electrons. The van der Waals surface area contributed by atoms with Gasteiger partial charge in [-0.05, 0) is 37.3 Å². The van der Waals surface area contributed by atoms with Crippen LogP contribution in [-0.2, 0) is 4.79 Å². The van der Waals surface area contributed by atoms with Gasteiger partial charge in [0, 0.05) is 12.2 Å². The Labute approximate surface area is 103 Å². The Morgan fingerprint density at radius 3 is 2.53 bits per heavy atom. The first-order chi connectivity index (χ1) is 8.07. The van der Waals surface area contributed by atoms with E-state index in [1.165, 1.54) is 18.4 Å². The van der Waals surface area contributed by atoms with Gasteiger partial charge >= 0.3 is 0 Å². The fourth-order valence-electron chi connectivity index (χ4n) is 1.71. The van der Waals surface area contributed by atoms with E-state index in [4.69, 9.17) is 0 Å². The molecule has 0 atom stereocenters. The Hall–Kier alpha value is -1.35. The summed E-state index contributed by atoms with van der Waals surface area (Å²) in [6, 6.07) is 7.84. The number of anilines is 1. The van der Waals surface area contributed by atoms with Crippen molar-refractivity contribution in [1.82, 2.24) is 5.32 Å². The van der Waals surface area contributed by atoms with Crippen LogP contribution in [0.5, 0.6) is 0 Å². The summed E-state index contributed by atoms with van der Waals surface area (Å²) in [7, 11) is 0. The molecule has 1 aliphatic rings. The zero-order valence-corrected chi connectivity index (χ0v) is 10.5. The molecular weight excluding hydrogens is 212 g/mol. The van der Waals surface area contributed by atoms with E-state index in [2.05, 4.69) is 17.6 Å². The van der Waals surface area contributed by atoms with Crippen molar-refractivity contribution in [3.8, 4) is 0 Å². The topological polar surface area (TPSA) is 41.1 Å². The molecule has 1 fully saturated rings. The minimum absolute atomic E-state index is 0.0260. The predicted octanol–water partition coefficient (Wildman–Crippen LogP) is 2.32. The summed E-state index contributed by atoms with van der Waals surface area (Å²) in [5.74, 6) is 0.0260. The van der Waals surface area contributed by atoms with E-state index in [0.29, 0.717) is 12.0 Å². The van der Waals surface area contributed by atoms with E-state index < -0.39 is 0 Å². The fraction of sp³-hybridized carbons (Fsp3) is 0.500. The minimum Gasteiger partial charge on any atom is -0.325 e. The molecule has 17 heavy (non-hydrogen) atoms. The molecule has 1 amide bonds. The van der Waals surface area contributed by atoms with Crippen LogP contribution in [0.4, 0.5) is 5.69 Å². The highest BCUT2D eigenvalue weighted by atomic mass is 16.1. The van der Waals surface area contributed by atoms with Crippen molar-refractivity contribution in [3.63, 3.8) is 0 Å². The van der Waals surface area contributed by atoms with Gasteiger partial charge < -0.3 is 10.6 Å². The van der Waals surface area contributed by atoms with Crippen LogP contribution in [0, 0.1) is 12.3 Å². The third-order valence-corrected chi connectivity index (χ3v) is 3.28. The molecule has 0 bridgehead atoms. The predicted molar refractivity (Wildman–Crippen MR) is 70.0 cm³/mol. The number of hydrogen-bond acceptors (Lipinski definition) is 2. The maximum atomic E-state index is 11.6. The average molecular weight is 232 g/mol. The summed E-state index contributed by atoms with van der Waals surface area (Å²) >= 11 is 0. The molecule has 3 nitrogen and oxygen atoms in total. The number of carbonyl (C=O) groups excluding carboxylic acids is 1. The smallest absolute Gasteiger partial charge is 0.238 e. The van der Waals surface area contributed by atoms with Crippen LogP contribution in [0.1, 0.15) is 25.3 Å². The van der Waals surface area contributed by atoms with Gasteiger partial charge in [-0.1, -0.05) is 24.6 Å². The van der Waals surface area contributed by atoms with Gasteiger partial charge in [0.05, 0.1) is 6.54 Å². The number of carbonyl (C=O) groups is 1. The fourth-order valence-corrected chi connectivity index (χ4v) is 1.71. The SMILES string of the molecule is Cc1ccc(NC(=O)CNCC2(C)CC2)cc1. The van der Waals surface area contributed by atoms with Gasteiger partial charge in [-0.3, -0.25) is 4.79 Å². The van der Waals surface area contributed by atoms with E-state index >= 15 is 0 Å². The molecule has 2 rings (SSSR count). The Kier molecular flexibility index (Phi) is 3.48. The Balaban J connectivity index is 1.71. The summed E-state index contributed by atoms with van der Waals surface area (Å²) < 4.78 is 0. The third kappa shape index (κ3) is 3.86. The van der Waals surface area contributed by atoms with E-state index in [1.807, 2.05) is 31.2 Å². The highest BCUT2D eigenvalue weighted by Gasteiger charge is 2.36. The van der Waals surface area contributed by atoms with Crippen molar-refractivity contribution in [2.75, 3.05) is 18.4 Å². The van der Waals surface area contributed by atoms with Crippen molar-refractivity contribution < 1.29 is 4.79 Å². The number of nitrogens with one attached hydrogen (secondary N) is 2. The minimum atomic E-state index is 0.0260. The van der Waals surface area contributed by atoms with Crippen LogP contribution in [0.2, 0.25) is 0 Å². The Bertz CT molecular complexity index is 393. The van der Waals surface area contributed by atoms with Gasteiger partial charge in [0.2, 0.25) is 5.91 Å². The van der Waals surface area contributed by atoms with E-state index in [-0.39, 0.29) is 5.91 Å². The molecular formula is C14H20N2O. The molecule has 0 aromatic heterocycles. The number of amides is 1. The molecule has 0 spiro atoms. The zero-order valence-electron chi connectivity index (χ0n) is 10.5. The van der Waals surface area contributed by atoms with Gasteiger partial charge in [-0.25, -0.2) is 0 Å². The standard InChI is InChI=1S/C14H20N2O/c1-11-3-5-12(6-4-11)16-13(17)9-15-10-14(2)7-8-14/h3-6,15H,7-10H2,1-2H3,(H,16,17). The molecule has 3 heteroatoms. The van der Waals surface area contributed by atoms with Crippen LogP contribution in [-0.4, -0.2) is 19.0 Å². The lowest BCUT2D eigenvalue weighted by Gasteiger charge is -2.10. The summed E-state index contributed by atoms with van der Waals surface area (Å²) in [5.41, 5.74) is 2.51. The zero-order chi connectivity index (χ0) is 12.3. The van der Waals surface area contributed by atoms with Crippen molar-refractivity contribution in [3.05, 3.63) is 29.8 Å². The monoisotopic (exact) mass is 232 g/mol. The number of hydrogen-bond donors (Lipinski definition) is 2. The van der Waals surface area contributed by atoms with Gasteiger partial charge in [-0.2, -0.15) is 0 Å². The first-order valence-electron chi connectivity index (χ1n) is 6.15. The molecule has 1 aromatic carbocycles. The second-order valence-corrected chi connectivity index (χ2v) is 5.33. The highest BCUT2D eigenvalue weighted by Crippen LogP contribution is 2.43. The maximum Gasteiger partial charge on any atom is 0.238 e. The molecule has 1 aliphatic carbocycles. The van der Waals surface area contributed by atoms with E-state index in [9.17, 15) is 4.79 Å². The summed E-state index contributed by atoms with van der Waals surface area (Å²) in [6.45, 7) is 5.61. The number of aryl methyl sites for hydroxylation is 1. The van der Waals surface area contributed by atoms with Gasteiger partial charge in [0.15, 0.2) is 0 Å². The highest BCUT2D eigenvalue weighted by molar-refractivity contribution is 5.92. The lowest BCUT2D eigenvalue weighted by atomic mass is 10.1. The molecule has 1 saturated carbocycles. The normalized spacial score (nSPS) is 16.6. The molecule has 0 saturated heterocycles. The lowest BCUT2D eigenvalue weighted by molar-refractivity contribution is -0.115. The van der Waals surface area contributed by atoms with Crippen molar-refractivity contribution in [2.24, 2.45) is 5.41 Å². The van der Waals surface area contributed by atoms with Crippen molar-refractivity contribution >= 4 is 11.6 Å². The summed E-state index contributed by atoms with van der Waals surface area (Å²) in [4.78, 5) is 11.6. The number of benzene rings is 1. The molecule has 0 aliphatic heterocycles. The Morgan fingerprint density at radius 1 is 1.29 bits per heavy atom. The molecule has 1 aromatic rings. The summed E-state index contributed by atoms with van der Waals surface area (Å²) in [5, 5.41) is 6.08. The first-order valence-corrected chi connectivity index (χ1v) is 6.15. The quantitative estimate of drug-likeness (QED) is 0.818.